The van der Waals surface area contributed by atoms with Crippen LogP contribution in [0.1, 0.15) is 21.6 Å². The molecule has 21 heavy (non-hydrogen) atoms. The minimum atomic E-state index is -0.622. The van der Waals surface area contributed by atoms with Crippen LogP contribution in [0.3, 0.4) is 0 Å². The van der Waals surface area contributed by atoms with E-state index in [0.29, 0.717) is 19.0 Å². The highest BCUT2D eigenvalue weighted by atomic mass is 32.1. The molecule has 1 unspecified atom stereocenters. The molecule has 0 aliphatic heterocycles. The zero-order valence-corrected chi connectivity index (χ0v) is 13.2. The highest BCUT2D eigenvalue weighted by Crippen LogP contribution is 2.11. The summed E-state index contributed by atoms with van der Waals surface area (Å²) in [4.78, 5) is 9.47. The SMILES string of the molecule is CN=C(NCc1cnc(C)s1)NCC(O)c1cnn(C)c1. The Bertz CT molecular complexity index is 605. The zero-order valence-electron chi connectivity index (χ0n) is 12.4. The Kier molecular flexibility index (Phi) is 5.29. The van der Waals surface area contributed by atoms with Crippen LogP contribution < -0.4 is 10.6 Å². The summed E-state index contributed by atoms with van der Waals surface area (Å²) < 4.78 is 1.66. The van der Waals surface area contributed by atoms with Crippen LogP contribution in [0.25, 0.3) is 0 Å². The number of hydrogen-bond acceptors (Lipinski definition) is 5. The van der Waals surface area contributed by atoms with E-state index in [1.165, 1.54) is 0 Å². The zero-order chi connectivity index (χ0) is 15.2. The van der Waals surface area contributed by atoms with Gasteiger partial charge in [-0.1, -0.05) is 0 Å². The topological polar surface area (TPSA) is 87.4 Å². The summed E-state index contributed by atoms with van der Waals surface area (Å²) >= 11 is 1.65. The monoisotopic (exact) mass is 308 g/mol. The van der Waals surface area contributed by atoms with Crippen molar-refractivity contribution >= 4 is 17.3 Å². The fourth-order valence-corrected chi connectivity index (χ4v) is 2.54. The number of rotatable bonds is 5. The lowest BCUT2D eigenvalue weighted by atomic mass is 10.2. The van der Waals surface area contributed by atoms with Gasteiger partial charge in [0.2, 0.25) is 0 Å². The smallest absolute Gasteiger partial charge is 0.191 e. The van der Waals surface area contributed by atoms with Crippen molar-refractivity contribution in [1.82, 2.24) is 25.4 Å². The first kappa shape index (κ1) is 15.5. The van der Waals surface area contributed by atoms with Crippen LogP contribution in [-0.2, 0) is 13.6 Å². The first-order chi connectivity index (χ1) is 10.1. The average molecular weight is 308 g/mol. The number of aliphatic imine (C=N–C) groups is 1. The van der Waals surface area contributed by atoms with Gasteiger partial charge in [-0.05, 0) is 6.92 Å². The summed E-state index contributed by atoms with van der Waals surface area (Å²) in [5.41, 5.74) is 0.776. The molecule has 0 saturated heterocycles. The molecular formula is C13H20N6OS. The van der Waals surface area contributed by atoms with Gasteiger partial charge in [-0.15, -0.1) is 11.3 Å². The Morgan fingerprint density at radius 2 is 2.29 bits per heavy atom. The van der Waals surface area contributed by atoms with Crippen LogP contribution in [0.2, 0.25) is 0 Å². The van der Waals surface area contributed by atoms with Crippen molar-refractivity contribution in [3.8, 4) is 0 Å². The van der Waals surface area contributed by atoms with E-state index in [-0.39, 0.29) is 0 Å². The highest BCUT2D eigenvalue weighted by molar-refractivity contribution is 7.11. The third-order valence-electron chi connectivity index (χ3n) is 2.90. The normalized spacial score (nSPS) is 13.2. The van der Waals surface area contributed by atoms with Crippen molar-refractivity contribution < 1.29 is 5.11 Å². The molecule has 0 bridgehead atoms. The Morgan fingerprint density at radius 3 is 2.86 bits per heavy atom. The molecule has 0 amide bonds. The Labute approximate surface area is 127 Å². The van der Waals surface area contributed by atoms with Gasteiger partial charge in [-0.3, -0.25) is 9.67 Å². The van der Waals surface area contributed by atoms with E-state index in [9.17, 15) is 5.11 Å². The number of guanidine groups is 1. The predicted molar refractivity (Wildman–Crippen MR) is 83.2 cm³/mol. The van der Waals surface area contributed by atoms with Gasteiger partial charge in [0.1, 0.15) is 0 Å². The van der Waals surface area contributed by atoms with Crippen molar-refractivity contribution in [2.75, 3.05) is 13.6 Å². The molecule has 0 fully saturated rings. The molecule has 8 heteroatoms. The first-order valence-electron chi connectivity index (χ1n) is 6.61. The van der Waals surface area contributed by atoms with Crippen molar-refractivity contribution in [2.24, 2.45) is 12.0 Å². The van der Waals surface area contributed by atoms with Crippen LogP contribution in [-0.4, -0.2) is 39.4 Å². The average Bonchev–Trinajstić information content (AvgIpc) is 3.07. The lowest BCUT2D eigenvalue weighted by molar-refractivity contribution is 0.180. The Morgan fingerprint density at radius 1 is 1.48 bits per heavy atom. The molecule has 2 aromatic heterocycles. The largest absolute Gasteiger partial charge is 0.386 e. The summed E-state index contributed by atoms with van der Waals surface area (Å²) in [6.07, 6.45) is 4.68. The van der Waals surface area contributed by atoms with E-state index >= 15 is 0 Å². The van der Waals surface area contributed by atoms with Gasteiger partial charge >= 0.3 is 0 Å². The number of aliphatic hydroxyl groups excluding tert-OH is 1. The fourth-order valence-electron chi connectivity index (χ4n) is 1.80. The number of aliphatic hydroxyl groups is 1. The molecule has 0 saturated carbocycles. The second-order valence-electron chi connectivity index (χ2n) is 4.62. The van der Waals surface area contributed by atoms with E-state index in [1.807, 2.05) is 20.2 Å². The number of hydrogen-bond donors (Lipinski definition) is 3. The van der Waals surface area contributed by atoms with Crippen molar-refractivity contribution in [3.63, 3.8) is 0 Å². The highest BCUT2D eigenvalue weighted by Gasteiger charge is 2.10. The van der Waals surface area contributed by atoms with Crippen LogP contribution in [0.5, 0.6) is 0 Å². The molecule has 0 aromatic carbocycles. The van der Waals surface area contributed by atoms with Gasteiger partial charge in [0.25, 0.3) is 0 Å². The lowest BCUT2D eigenvalue weighted by Gasteiger charge is -2.14. The maximum atomic E-state index is 10.1. The van der Waals surface area contributed by atoms with E-state index < -0.39 is 6.10 Å². The summed E-state index contributed by atoms with van der Waals surface area (Å²) in [5.74, 6) is 0.643. The number of aromatic nitrogens is 3. The quantitative estimate of drug-likeness (QED) is 0.556. The molecule has 2 rings (SSSR count). The van der Waals surface area contributed by atoms with Crippen LogP contribution in [0.15, 0.2) is 23.6 Å². The molecule has 114 valence electrons. The van der Waals surface area contributed by atoms with Gasteiger partial charge in [0.15, 0.2) is 5.96 Å². The fraction of sp³-hybridized carbons (Fsp3) is 0.462. The number of aryl methyl sites for hydroxylation is 2. The first-order valence-corrected chi connectivity index (χ1v) is 7.42. The molecular weight excluding hydrogens is 288 g/mol. The second-order valence-corrected chi connectivity index (χ2v) is 5.93. The standard InChI is InChI=1S/C13H20N6OS/c1-9-15-5-11(21-9)6-16-13(14-2)17-7-12(20)10-4-18-19(3)8-10/h4-5,8,12,20H,6-7H2,1-3H3,(H2,14,16,17). The van der Waals surface area contributed by atoms with Gasteiger partial charge < -0.3 is 15.7 Å². The Balaban J connectivity index is 1.80. The van der Waals surface area contributed by atoms with Gasteiger partial charge in [0.05, 0.1) is 23.9 Å². The minimum Gasteiger partial charge on any atom is -0.386 e. The number of nitrogens with zero attached hydrogens (tertiary/aromatic N) is 4. The van der Waals surface area contributed by atoms with E-state index in [2.05, 4.69) is 25.7 Å². The molecule has 3 N–H and O–H groups in total. The van der Waals surface area contributed by atoms with Crippen LogP contribution >= 0.6 is 11.3 Å². The van der Waals surface area contributed by atoms with Crippen molar-refractivity contribution in [3.05, 3.63) is 34.0 Å². The van der Waals surface area contributed by atoms with E-state index in [1.54, 1.807) is 35.5 Å². The van der Waals surface area contributed by atoms with Crippen molar-refractivity contribution in [2.45, 2.75) is 19.6 Å². The van der Waals surface area contributed by atoms with E-state index in [0.717, 1.165) is 15.4 Å². The molecule has 2 aromatic rings. The summed E-state index contributed by atoms with van der Waals surface area (Å²) in [5, 5.41) is 21.4. The molecule has 0 radical (unpaired) electrons. The number of thiazole rings is 1. The molecule has 0 spiro atoms. The van der Waals surface area contributed by atoms with E-state index in [4.69, 9.17) is 0 Å². The van der Waals surface area contributed by atoms with Gasteiger partial charge in [0, 0.05) is 43.5 Å². The summed E-state index contributed by atoms with van der Waals surface area (Å²) in [7, 11) is 3.52. The summed E-state index contributed by atoms with van der Waals surface area (Å²) in [6, 6.07) is 0. The number of nitrogens with one attached hydrogen (secondary N) is 2. The van der Waals surface area contributed by atoms with Crippen LogP contribution in [0.4, 0.5) is 0 Å². The third kappa shape index (κ3) is 4.54. The molecule has 0 aliphatic carbocycles. The minimum absolute atomic E-state index is 0.368. The van der Waals surface area contributed by atoms with Gasteiger partial charge in [-0.25, -0.2) is 4.98 Å². The van der Waals surface area contributed by atoms with Crippen molar-refractivity contribution in [1.29, 1.82) is 0 Å². The Hall–Kier alpha value is -1.93. The summed E-state index contributed by atoms with van der Waals surface area (Å²) in [6.45, 7) is 3.01. The maximum absolute atomic E-state index is 10.1. The lowest BCUT2D eigenvalue weighted by Crippen LogP contribution is -2.38. The molecule has 2 heterocycles. The molecule has 1 atom stereocenters. The van der Waals surface area contributed by atoms with Gasteiger partial charge in [-0.2, -0.15) is 5.10 Å². The molecule has 7 nitrogen and oxygen atoms in total. The molecule has 0 aliphatic rings. The van der Waals surface area contributed by atoms with Crippen LogP contribution in [0, 0.1) is 6.92 Å². The predicted octanol–water partition coefficient (Wildman–Crippen LogP) is 0.584. The maximum Gasteiger partial charge on any atom is 0.191 e. The second kappa shape index (κ2) is 7.19. The third-order valence-corrected chi connectivity index (χ3v) is 3.81.